The van der Waals surface area contributed by atoms with Crippen LogP contribution in [0, 0.1) is 46.3 Å². The second-order valence-electron chi connectivity index (χ2n) is 13.2. The van der Waals surface area contributed by atoms with Crippen molar-refractivity contribution in [3.8, 4) is 0 Å². The largest absolute Gasteiger partial charge is 0.461 e. The number of allylic oxidation sites excluding steroid dienone is 1. The number of ether oxygens (including phenoxy) is 1. The number of alkyl halides is 1. The summed E-state index contributed by atoms with van der Waals surface area (Å²) in [6, 6.07) is 0. The van der Waals surface area contributed by atoms with Crippen molar-refractivity contribution in [2.75, 3.05) is 0 Å². The number of carbonyl (C=O) groups is 1. The Morgan fingerprint density at radius 2 is 1.82 bits per heavy atom. The maximum Gasteiger partial charge on any atom is 0.319 e. The van der Waals surface area contributed by atoms with Gasteiger partial charge in [0.1, 0.15) is 10.9 Å². The number of esters is 1. The van der Waals surface area contributed by atoms with E-state index in [1.807, 2.05) is 6.92 Å². The van der Waals surface area contributed by atoms with Crippen LogP contribution in [0.15, 0.2) is 11.6 Å². The lowest BCUT2D eigenvalue weighted by atomic mass is 9.47. The van der Waals surface area contributed by atoms with Crippen LogP contribution in [0.3, 0.4) is 0 Å². The molecule has 4 rings (SSSR count). The van der Waals surface area contributed by atoms with E-state index in [2.05, 4.69) is 56.6 Å². The molecule has 0 radical (unpaired) electrons. The third-order valence-corrected chi connectivity index (χ3v) is 11.2. The Bertz CT molecular complexity index is 742. The first-order valence-electron chi connectivity index (χ1n) is 14.1. The molecular weight excluding hydrogens is 472 g/mol. The zero-order valence-corrected chi connectivity index (χ0v) is 23.8. The minimum atomic E-state index is -0.213. The lowest BCUT2D eigenvalue weighted by molar-refractivity contribution is -0.150. The molecule has 33 heavy (non-hydrogen) atoms. The summed E-state index contributed by atoms with van der Waals surface area (Å²) < 4.78 is 5.83. The van der Waals surface area contributed by atoms with Gasteiger partial charge in [0, 0.05) is 6.42 Å². The van der Waals surface area contributed by atoms with Gasteiger partial charge in [-0.2, -0.15) is 0 Å². The Morgan fingerprint density at radius 3 is 2.52 bits per heavy atom. The van der Waals surface area contributed by atoms with Crippen molar-refractivity contribution in [2.24, 2.45) is 46.3 Å². The number of hydrogen-bond acceptors (Lipinski definition) is 2. The van der Waals surface area contributed by atoms with Gasteiger partial charge in [-0.05, 0) is 98.2 Å². The number of carbonyl (C=O) groups excluding carboxylic acids is 1. The van der Waals surface area contributed by atoms with Crippen molar-refractivity contribution in [3.05, 3.63) is 11.6 Å². The molecule has 3 saturated carbocycles. The van der Waals surface area contributed by atoms with Gasteiger partial charge in [-0.3, -0.25) is 4.79 Å². The minimum absolute atomic E-state index is 0.0739. The third-order valence-electron chi connectivity index (χ3n) is 10.9. The van der Waals surface area contributed by atoms with Crippen LogP contribution >= 0.6 is 15.9 Å². The Morgan fingerprint density at radius 1 is 1.06 bits per heavy atom. The van der Waals surface area contributed by atoms with Crippen LogP contribution in [-0.2, 0) is 9.53 Å². The summed E-state index contributed by atoms with van der Waals surface area (Å²) >= 11 is 3.37. The molecule has 3 heteroatoms. The Balaban J connectivity index is 1.45. The molecule has 2 nitrogen and oxygen atoms in total. The third kappa shape index (κ3) is 4.88. The minimum Gasteiger partial charge on any atom is -0.461 e. The number of fused-ring (bicyclic) bond motifs is 5. The lowest BCUT2D eigenvalue weighted by Crippen LogP contribution is -2.51. The molecular formula is C30H49BrO2. The Kier molecular flexibility index (Phi) is 7.79. The predicted molar refractivity (Wildman–Crippen MR) is 141 cm³/mol. The monoisotopic (exact) mass is 520 g/mol. The molecule has 4 aliphatic rings. The summed E-state index contributed by atoms with van der Waals surface area (Å²) in [6.07, 6.45) is 17.1. The van der Waals surface area contributed by atoms with Crippen molar-refractivity contribution in [1.82, 2.24) is 0 Å². The molecule has 9 atom stereocenters. The SMILES string of the molecule is CC(C)CCC[C@@H](C)[C@H]1CC[C@H]2[C@H]3CC=C4C[C@@H](OC(=O)[C@@H](C)Br)CC[C@]4(C)[C@@H]3CC[C@]12C. The van der Waals surface area contributed by atoms with Gasteiger partial charge in [0.05, 0.1) is 0 Å². The normalized spacial score (nSPS) is 42.1. The molecule has 0 aliphatic heterocycles. The first-order chi connectivity index (χ1) is 15.6. The molecule has 0 aromatic rings. The summed E-state index contributed by atoms with van der Waals surface area (Å²) in [7, 11) is 0. The highest BCUT2D eigenvalue weighted by molar-refractivity contribution is 9.10. The van der Waals surface area contributed by atoms with E-state index in [1.165, 1.54) is 57.8 Å². The highest BCUT2D eigenvalue weighted by Gasteiger charge is 2.59. The standard InChI is InChI=1S/C30H49BrO2/c1-19(2)8-7-9-20(3)25-12-13-26-24-11-10-22-18-23(33-28(32)21(4)31)14-16-29(22,5)27(24)15-17-30(25,26)6/h10,19-21,23-27H,7-9,11-18H2,1-6H3/t20-,21-,23+,24-,25-,26+,27-,29+,30-/m1/s1. The van der Waals surface area contributed by atoms with Crippen LogP contribution in [0.5, 0.6) is 0 Å². The van der Waals surface area contributed by atoms with E-state index < -0.39 is 0 Å². The van der Waals surface area contributed by atoms with E-state index in [1.54, 1.807) is 5.57 Å². The van der Waals surface area contributed by atoms with E-state index >= 15 is 0 Å². The zero-order chi connectivity index (χ0) is 24.0. The molecule has 3 fully saturated rings. The molecule has 0 bridgehead atoms. The molecule has 188 valence electrons. The molecule has 0 amide bonds. The fraction of sp³-hybridized carbons (Fsp3) is 0.900. The summed E-state index contributed by atoms with van der Waals surface area (Å²) in [6.45, 7) is 14.4. The van der Waals surface area contributed by atoms with Gasteiger partial charge < -0.3 is 4.74 Å². The van der Waals surface area contributed by atoms with E-state index in [9.17, 15) is 4.79 Å². The summed E-state index contributed by atoms with van der Waals surface area (Å²) in [4.78, 5) is 11.9. The van der Waals surface area contributed by atoms with Gasteiger partial charge in [-0.1, -0.05) is 81.5 Å². The topological polar surface area (TPSA) is 26.3 Å². The van der Waals surface area contributed by atoms with Gasteiger partial charge in [-0.15, -0.1) is 0 Å². The van der Waals surface area contributed by atoms with E-state index in [0.29, 0.717) is 10.8 Å². The maximum atomic E-state index is 12.1. The van der Waals surface area contributed by atoms with Crippen LogP contribution < -0.4 is 0 Å². The Hall–Kier alpha value is -0.310. The quantitative estimate of drug-likeness (QED) is 0.190. The van der Waals surface area contributed by atoms with Gasteiger partial charge in [0.25, 0.3) is 0 Å². The van der Waals surface area contributed by atoms with E-state index in [-0.39, 0.29) is 16.9 Å². The number of rotatable bonds is 7. The molecule has 0 aromatic carbocycles. The molecule has 0 heterocycles. The van der Waals surface area contributed by atoms with Crippen LogP contribution in [0.1, 0.15) is 112 Å². The number of hydrogen-bond donors (Lipinski definition) is 0. The Labute approximate surface area is 212 Å². The van der Waals surface area contributed by atoms with Gasteiger partial charge >= 0.3 is 5.97 Å². The smallest absolute Gasteiger partial charge is 0.319 e. The summed E-state index contributed by atoms with van der Waals surface area (Å²) in [5.74, 6) is 5.14. The molecule has 4 aliphatic carbocycles. The highest BCUT2D eigenvalue weighted by Crippen LogP contribution is 2.67. The van der Waals surface area contributed by atoms with Crippen LogP contribution in [0.2, 0.25) is 0 Å². The molecule has 0 spiro atoms. The maximum absolute atomic E-state index is 12.1. The first-order valence-corrected chi connectivity index (χ1v) is 15.0. The average Bonchev–Trinajstić information content (AvgIpc) is 3.11. The first kappa shape index (κ1) is 25.8. The molecule has 0 saturated heterocycles. The predicted octanol–water partition coefficient (Wildman–Crippen LogP) is 8.72. The second kappa shape index (κ2) is 9.98. The fourth-order valence-electron chi connectivity index (χ4n) is 9.01. The fourth-order valence-corrected chi connectivity index (χ4v) is 9.12. The number of halogens is 1. The van der Waals surface area contributed by atoms with Crippen molar-refractivity contribution in [1.29, 1.82) is 0 Å². The van der Waals surface area contributed by atoms with Crippen LogP contribution in [0.4, 0.5) is 0 Å². The summed E-state index contributed by atoms with van der Waals surface area (Å²) in [5.41, 5.74) is 2.49. The van der Waals surface area contributed by atoms with Crippen molar-refractivity contribution < 1.29 is 9.53 Å². The second-order valence-corrected chi connectivity index (χ2v) is 14.6. The van der Waals surface area contributed by atoms with Gasteiger partial charge in [-0.25, -0.2) is 0 Å². The molecule has 0 N–H and O–H groups in total. The van der Waals surface area contributed by atoms with Crippen LogP contribution in [-0.4, -0.2) is 16.9 Å². The molecule has 0 aromatic heterocycles. The van der Waals surface area contributed by atoms with Gasteiger partial charge in [0.2, 0.25) is 0 Å². The molecule has 0 unspecified atom stereocenters. The van der Waals surface area contributed by atoms with Gasteiger partial charge in [0.15, 0.2) is 0 Å². The zero-order valence-electron chi connectivity index (χ0n) is 22.2. The summed E-state index contributed by atoms with van der Waals surface area (Å²) in [5, 5.41) is 0. The average molecular weight is 522 g/mol. The lowest BCUT2D eigenvalue weighted by Gasteiger charge is -2.58. The van der Waals surface area contributed by atoms with Crippen molar-refractivity contribution in [2.45, 2.75) is 123 Å². The van der Waals surface area contributed by atoms with E-state index in [4.69, 9.17) is 4.74 Å². The van der Waals surface area contributed by atoms with Crippen LogP contribution in [0.25, 0.3) is 0 Å². The van der Waals surface area contributed by atoms with Crippen molar-refractivity contribution in [3.63, 3.8) is 0 Å². The van der Waals surface area contributed by atoms with Crippen molar-refractivity contribution >= 4 is 21.9 Å². The highest BCUT2D eigenvalue weighted by atomic mass is 79.9. The van der Waals surface area contributed by atoms with E-state index in [0.717, 1.165) is 48.3 Å².